The predicted molar refractivity (Wildman–Crippen MR) is 77.8 cm³/mol. The summed E-state index contributed by atoms with van der Waals surface area (Å²) >= 11 is 1.72. The van der Waals surface area contributed by atoms with E-state index in [1.165, 1.54) is 17.7 Å². The molecule has 1 heterocycles. The molecule has 0 aliphatic heterocycles. The third-order valence-electron chi connectivity index (χ3n) is 2.77. The van der Waals surface area contributed by atoms with E-state index >= 15 is 0 Å². The number of halogens is 1. The van der Waals surface area contributed by atoms with Crippen molar-refractivity contribution in [3.05, 3.63) is 60.2 Å². The van der Waals surface area contributed by atoms with Crippen molar-refractivity contribution in [2.75, 3.05) is 12.3 Å². The molecule has 2 nitrogen and oxygen atoms in total. The van der Waals surface area contributed by atoms with Crippen molar-refractivity contribution in [3.8, 4) is 0 Å². The Kier molecular flexibility index (Phi) is 5.36. The number of aromatic nitrogens is 1. The van der Waals surface area contributed by atoms with Crippen LogP contribution in [0.1, 0.15) is 18.5 Å². The van der Waals surface area contributed by atoms with E-state index in [1.807, 2.05) is 24.4 Å². The highest BCUT2D eigenvalue weighted by molar-refractivity contribution is 7.99. The average Bonchev–Trinajstić information content (AvgIpc) is 2.46. The molecule has 0 aliphatic rings. The van der Waals surface area contributed by atoms with Crippen molar-refractivity contribution >= 4 is 11.8 Å². The number of benzene rings is 1. The lowest BCUT2D eigenvalue weighted by atomic mass is 10.1. The summed E-state index contributed by atoms with van der Waals surface area (Å²) in [5, 5.41) is 3.45. The monoisotopic (exact) mass is 276 g/mol. The molecule has 100 valence electrons. The molecule has 1 aromatic carbocycles. The Bertz CT molecular complexity index is 487. The Morgan fingerprint density at radius 2 is 2.05 bits per heavy atom. The SMILES string of the molecule is CCNC(CSc1ccc(F)cc1)c1cccnc1. The van der Waals surface area contributed by atoms with E-state index in [2.05, 4.69) is 23.3 Å². The van der Waals surface area contributed by atoms with Crippen LogP contribution >= 0.6 is 11.8 Å². The fourth-order valence-corrected chi connectivity index (χ4v) is 2.81. The largest absolute Gasteiger partial charge is 0.309 e. The average molecular weight is 276 g/mol. The van der Waals surface area contributed by atoms with Gasteiger partial charge in [0.05, 0.1) is 0 Å². The Labute approximate surface area is 117 Å². The van der Waals surface area contributed by atoms with Crippen LogP contribution in [0.3, 0.4) is 0 Å². The van der Waals surface area contributed by atoms with Gasteiger partial charge in [0.25, 0.3) is 0 Å². The van der Waals surface area contributed by atoms with Gasteiger partial charge in [-0.3, -0.25) is 4.98 Å². The van der Waals surface area contributed by atoms with E-state index in [4.69, 9.17) is 0 Å². The lowest BCUT2D eigenvalue weighted by Crippen LogP contribution is -2.23. The van der Waals surface area contributed by atoms with E-state index in [0.29, 0.717) is 0 Å². The normalized spacial score (nSPS) is 12.3. The lowest BCUT2D eigenvalue weighted by Gasteiger charge is -2.17. The second-order valence-corrected chi connectivity index (χ2v) is 5.25. The van der Waals surface area contributed by atoms with Crippen LogP contribution in [0.4, 0.5) is 4.39 Å². The van der Waals surface area contributed by atoms with Crippen LogP contribution in [-0.2, 0) is 0 Å². The second kappa shape index (κ2) is 7.26. The summed E-state index contributed by atoms with van der Waals surface area (Å²) in [6.07, 6.45) is 3.66. The standard InChI is InChI=1S/C15H17FN2S/c1-2-18-15(12-4-3-9-17-10-12)11-19-14-7-5-13(16)6-8-14/h3-10,15,18H,2,11H2,1H3. The Morgan fingerprint density at radius 3 is 2.68 bits per heavy atom. The van der Waals surface area contributed by atoms with Crippen LogP contribution in [0.15, 0.2) is 53.7 Å². The molecule has 1 unspecified atom stereocenters. The van der Waals surface area contributed by atoms with Gasteiger partial charge < -0.3 is 5.32 Å². The first-order valence-electron chi connectivity index (χ1n) is 6.31. The first-order chi connectivity index (χ1) is 9.29. The summed E-state index contributed by atoms with van der Waals surface area (Å²) in [6.45, 7) is 3.00. The number of nitrogens with zero attached hydrogens (tertiary/aromatic N) is 1. The Balaban J connectivity index is 1.99. The Hall–Kier alpha value is -1.39. The van der Waals surface area contributed by atoms with Crippen molar-refractivity contribution in [2.24, 2.45) is 0 Å². The summed E-state index contributed by atoms with van der Waals surface area (Å²) in [7, 11) is 0. The second-order valence-electron chi connectivity index (χ2n) is 4.16. The van der Waals surface area contributed by atoms with Crippen molar-refractivity contribution in [3.63, 3.8) is 0 Å². The minimum absolute atomic E-state index is 0.195. The molecular formula is C15H17FN2S. The van der Waals surface area contributed by atoms with E-state index in [9.17, 15) is 4.39 Å². The van der Waals surface area contributed by atoms with Crippen LogP contribution in [0.5, 0.6) is 0 Å². The highest BCUT2D eigenvalue weighted by Gasteiger charge is 2.10. The molecule has 2 aromatic rings. The van der Waals surface area contributed by atoms with Gasteiger partial charge in [0.2, 0.25) is 0 Å². The molecule has 0 saturated carbocycles. The molecule has 0 amide bonds. The predicted octanol–water partition coefficient (Wildman–Crippen LogP) is 3.66. The molecule has 1 atom stereocenters. The van der Waals surface area contributed by atoms with E-state index in [0.717, 1.165) is 17.2 Å². The van der Waals surface area contributed by atoms with Crippen LogP contribution < -0.4 is 5.32 Å². The van der Waals surface area contributed by atoms with Gasteiger partial charge in [-0.2, -0.15) is 0 Å². The van der Waals surface area contributed by atoms with Crippen LogP contribution in [0.2, 0.25) is 0 Å². The summed E-state index contributed by atoms with van der Waals surface area (Å²) < 4.78 is 12.8. The minimum Gasteiger partial charge on any atom is -0.309 e. The van der Waals surface area contributed by atoms with Crippen LogP contribution in [0.25, 0.3) is 0 Å². The fraction of sp³-hybridized carbons (Fsp3) is 0.267. The molecule has 1 aromatic heterocycles. The van der Waals surface area contributed by atoms with E-state index in [1.54, 1.807) is 18.0 Å². The molecule has 0 radical (unpaired) electrons. The maximum absolute atomic E-state index is 12.8. The number of rotatable bonds is 6. The molecule has 1 N–H and O–H groups in total. The number of hydrogen-bond donors (Lipinski definition) is 1. The fourth-order valence-electron chi connectivity index (χ4n) is 1.81. The number of nitrogens with one attached hydrogen (secondary N) is 1. The van der Waals surface area contributed by atoms with Gasteiger partial charge in [-0.1, -0.05) is 13.0 Å². The zero-order chi connectivity index (χ0) is 13.5. The molecule has 0 saturated heterocycles. The molecule has 0 spiro atoms. The van der Waals surface area contributed by atoms with Crippen molar-refractivity contribution < 1.29 is 4.39 Å². The van der Waals surface area contributed by atoms with Crippen molar-refractivity contribution in [1.29, 1.82) is 0 Å². The molecule has 0 fully saturated rings. The molecule has 19 heavy (non-hydrogen) atoms. The van der Waals surface area contributed by atoms with Gasteiger partial charge in [-0.25, -0.2) is 4.39 Å². The maximum Gasteiger partial charge on any atom is 0.123 e. The number of hydrogen-bond acceptors (Lipinski definition) is 3. The minimum atomic E-state index is -0.195. The summed E-state index contributed by atoms with van der Waals surface area (Å²) in [6, 6.07) is 10.9. The summed E-state index contributed by atoms with van der Waals surface area (Å²) in [4.78, 5) is 5.23. The smallest absolute Gasteiger partial charge is 0.123 e. The Morgan fingerprint density at radius 1 is 1.26 bits per heavy atom. The first kappa shape index (κ1) is 14.0. The third-order valence-corrected chi connectivity index (χ3v) is 3.87. The molecule has 2 rings (SSSR count). The van der Waals surface area contributed by atoms with Gasteiger partial charge in [0, 0.05) is 29.1 Å². The zero-order valence-electron chi connectivity index (χ0n) is 10.8. The van der Waals surface area contributed by atoms with Gasteiger partial charge in [0.1, 0.15) is 5.82 Å². The lowest BCUT2D eigenvalue weighted by molar-refractivity contribution is 0.604. The topological polar surface area (TPSA) is 24.9 Å². The maximum atomic E-state index is 12.8. The number of pyridine rings is 1. The molecular weight excluding hydrogens is 259 g/mol. The third kappa shape index (κ3) is 4.33. The van der Waals surface area contributed by atoms with Gasteiger partial charge in [0.15, 0.2) is 0 Å². The van der Waals surface area contributed by atoms with Crippen molar-refractivity contribution in [2.45, 2.75) is 17.9 Å². The van der Waals surface area contributed by atoms with Crippen molar-refractivity contribution in [1.82, 2.24) is 10.3 Å². The number of thioether (sulfide) groups is 1. The van der Waals surface area contributed by atoms with Crippen LogP contribution in [0, 0.1) is 5.82 Å². The van der Waals surface area contributed by atoms with Gasteiger partial charge >= 0.3 is 0 Å². The highest BCUT2D eigenvalue weighted by atomic mass is 32.2. The summed E-state index contributed by atoms with van der Waals surface area (Å²) in [5.41, 5.74) is 1.18. The first-order valence-corrected chi connectivity index (χ1v) is 7.30. The van der Waals surface area contributed by atoms with Gasteiger partial charge in [-0.15, -0.1) is 11.8 Å². The molecule has 0 bridgehead atoms. The van der Waals surface area contributed by atoms with E-state index in [-0.39, 0.29) is 11.9 Å². The van der Waals surface area contributed by atoms with E-state index < -0.39 is 0 Å². The quantitative estimate of drug-likeness (QED) is 0.815. The highest BCUT2D eigenvalue weighted by Crippen LogP contribution is 2.24. The molecule has 4 heteroatoms. The van der Waals surface area contributed by atoms with Gasteiger partial charge in [-0.05, 0) is 42.4 Å². The zero-order valence-corrected chi connectivity index (χ0v) is 11.7. The molecule has 0 aliphatic carbocycles. The van der Waals surface area contributed by atoms with Crippen LogP contribution in [-0.4, -0.2) is 17.3 Å². The summed E-state index contributed by atoms with van der Waals surface area (Å²) in [5.74, 6) is 0.699.